The summed E-state index contributed by atoms with van der Waals surface area (Å²) in [6.07, 6.45) is 1.82. The van der Waals surface area contributed by atoms with Gasteiger partial charge in [-0.2, -0.15) is 5.26 Å². The Labute approximate surface area is 110 Å². The molecule has 0 aliphatic carbocycles. The van der Waals surface area contributed by atoms with E-state index in [0.29, 0.717) is 12.1 Å². The second-order valence-electron chi connectivity index (χ2n) is 4.43. The lowest BCUT2D eigenvalue weighted by Gasteiger charge is -2.05. The highest BCUT2D eigenvalue weighted by Crippen LogP contribution is 2.21. The van der Waals surface area contributed by atoms with E-state index in [1.54, 1.807) is 6.07 Å². The summed E-state index contributed by atoms with van der Waals surface area (Å²) in [5, 5.41) is 10.1. The summed E-state index contributed by atoms with van der Waals surface area (Å²) in [7, 11) is 0. The fourth-order valence-corrected chi connectivity index (χ4v) is 2.30. The van der Waals surface area contributed by atoms with E-state index in [1.165, 1.54) is 12.1 Å². The van der Waals surface area contributed by atoms with Crippen molar-refractivity contribution >= 4 is 10.9 Å². The summed E-state index contributed by atoms with van der Waals surface area (Å²) in [5.41, 5.74) is 2.51. The first-order valence-corrected chi connectivity index (χ1v) is 6.00. The standard InChI is InChI=1S/C16H11FN2/c17-14-5-3-4-12(8-14)10-19-11-13(9-18)15-6-1-2-7-16(15)19/h1-8,11H,10H2. The highest BCUT2D eigenvalue weighted by atomic mass is 19.1. The number of rotatable bonds is 2. The zero-order valence-corrected chi connectivity index (χ0v) is 10.2. The fraction of sp³-hybridized carbons (Fsp3) is 0.0625. The number of nitrogens with zero attached hydrogens (tertiary/aromatic N) is 2. The Hall–Kier alpha value is -2.60. The molecule has 0 unspecified atom stereocenters. The number of para-hydroxylation sites is 1. The van der Waals surface area contributed by atoms with Crippen LogP contribution in [0.25, 0.3) is 10.9 Å². The first kappa shape index (κ1) is 11.5. The maximum atomic E-state index is 13.2. The lowest BCUT2D eigenvalue weighted by Crippen LogP contribution is -1.98. The van der Waals surface area contributed by atoms with Crippen LogP contribution in [0.5, 0.6) is 0 Å². The Balaban J connectivity index is 2.09. The molecule has 3 rings (SSSR count). The molecule has 0 N–H and O–H groups in total. The smallest absolute Gasteiger partial charge is 0.123 e. The minimum atomic E-state index is -0.241. The molecule has 0 saturated heterocycles. The minimum absolute atomic E-state index is 0.241. The maximum absolute atomic E-state index is 13.2. The van der Waals surface area contributed by atoms with Gasteiger partial charge in [0.25, 0.3) is 0 Å². The molecule has 0 aliphatic heterocycles. The van der Waals surface area contributed by atoms with Crippen molar-refractivity contribution in [3.63, 3.8) is 0 Å². The summed E-state index contributed by atoms with van der Waals surface area (Å²) in [6, 6.07) is 16.5. The third kappa shape index (κ3) is 2.09. The molecule has 92 valence electrons. The minimum Gasteiger partial charge on any atom is -0.342 e. The molecular weight excluding hydrogens is 239 g/mol. The van der Waals surface area contributed by atoms with Crippen LogP contribution in [0.1, 0.15) is 11.1 Å². The first-order valence-electron chi connectivity index (χ1n) is 6.00. The van der Waals surface area contributed by atoms with E-state index in [1.807, 2.05) is 41.1 Å². The second kappa shape index (κ2) is 4.58. The molecule has 1 aromatic heterocycles. The van der Waals surface area contributed by atoms with Crippen molar-refractivity contribution in [2.45, 2.75) is 6.54 Å². The highest BCUT2D eigenvalue weighted by Gasteiger charge is 2.07. The number of hydrogen-bond donors (Lipinski definition) is 0. The van der Waals surface area contributed by atoms with Gasteiger partial charge in [-0.3, -0.25) is 0 Å². The summed E-state index contributed by atoms with van der Waals surface area (Å²) >= 11 is 0. The maximum Gasteiger partial charge on any atom is 0.123 e. The van der Waals surface area contributed by atoms with Gasteiger partial charge < -0.3 is 4.57 Å². The van der Waals surface area contributed by atoms with Gasteiger partial charge in [0.2, 0.25) is 0 Å². The van der Waals surface area contributed by atoms with E-state index >= 15 is 0 Å². The average molecular weight is 250 g/mol. The zero-order chi connectivity index (χ0) is 13.2. The van der Waals surface area contributed by atoms with Crippen molar-refractivity contribution in [2.75, 3.05) is 0 Å². The molecule has 0 radical (unpaired) electrons. The van der Waals surface area contributed by atoms with Crippen LogP contribution in [0, 0.1) is 17.1 Å². The van der Waals surface area contributed by atoms with Gasteiger partial charge in [0, 0.05) is 23.6 Å². The van der Waals surface area contributed by atoms with Crippen LogP contribution >= 0.6 is 0 Å². The van der Waals surface area contributed by atoms with Gasteiger partial charge in [0.1, 0.15) is 11.9 Å². The van der Waals surface area contributed by atoms with Crippen molar-refractivity contribution in [3.8, 4) is 6.07 Å². The summed E-state index contributed by atoms with van der Waals surface area (Å²) in [6.45, 7) is 0.556. The van der Waals surface area contributed by atoms with E-state index in [-0.39, 0.29) is 5.82 Å². The molecule has 1 heterocycles. The molecule has 19 heavy (non-hydrogen) atoms. The van der Waals surface area contributed by atoms with Crippen LogP contribution in [-0.4, -0.2) is 4.57 Å². The molecule has 0 aliphatic rings. The number of hydrogen-bond acceptors (Lipinski definition) is 1. The molecule has 0 saturated carbocycles. The van der Waals surface area contributed by atoms with Crippen LogP contribution in [-0.2, 0) is 6.54 Å². The van der Waals surface area contributed by atoms with Crippen LogP contribution in [0.15, 0.2) is 54.7 Å². The van der Waals surface area contributed by atoms with Crippen LogP contribution in [0.2, 0.25) is 0 Å². The van der Waals surface area contributed by atoms with Gasteiger partial charge in [0.15, 0.2) is 0 Å². The van der Waals surface area contributed by atoms with Crippen LogP contribution < -0.4 is 0 Å². The molecule has 0 spiro atoms. The van der Waals surface area contributed by atoms with E-state index in [9.17, 15) is 4.39 Å². The number of benzene rings is 2. The Morgan fingerprint density at radius 1 is 1.11 bits per heavy atom. The SMILES string of the molecule is N#Cc1cn(Cc2cccc(F)c2)c2ccccc12. The molecule has 0 atom stereocenters. The second-order valence-corrected chi connectivity index (χ2v) is 4.43. The summed E-state index contributed by atoms with van der Waals surface area (Å²) in [5.74, 6) is -0.241. The molecule has 0 amide bonds. The van der Waals surface area contributed by atoms with Crippen LogP contribution in [0.3, 0.4) is 0 Å². The largest absolute Gasteiger partial charge is 0.342 e. The predicted octanol–water partition coefficient (Wildman–Crippen LogP) is 3.70. The van der Waals surface area contributed by atoms with Gasteiger partial charge >= 0.3 is 0 Å². The van der Waals surface area contributed by atoms with E-state index in [2.05, 4.69) is 6.07 Å². The van der Waals surface area contributed by atoms with E-state index in [0.717, 1.165) is 16.5 Å². The average Bonchev–Trinajstić information content (AvgIpc) is 2.77. The molecule has 0 fully saturated rings. The third-order valence-corrected chi connectivity index (χ3v) is 3.15. The molecule has 0 bridgehead atoms. The monoisotopic (exact) mass is 250 g/mol. The summed E-state index contributed by atoms with van der Waals surface area (Å²) in [4.78, 5) is 0. The first-order chi connectivity index (χ1) is 9.28. The van der Waals surface area contributed by atoms with Crippen molar-refractivity contribution in [2.24, 2.45) is 0 Å². The predicted molar refractivity (Wildman–Crippen MR) is 72.2 cm³/mol. The van der Waals surface area contributed by atoms with Crippen molar-refractivity contribution in [1.29, 1.82) is 5.26 Å². The van der Waals surface area contributed by atoms with Gasteiger partial charge in [-0.1, -0.05) is 30.3 Å². The zero-order valence-electron chi connectivity index (χ0n) is 10.2. The lowest BCUT2D eigenvalue weighted by molar-refractivity contribution is 0.624. The van der Waals surface area contributed by atoms with Gasteiger partial charge in [-0.05, 0) is 23.8 Å². The van der Waals surface area contributed by atoms with Gasteiger partial charge in [-0.15, -0.1) is 0 Å². The third-order valence-electron chi connectivity index (χ3n) is 3.15. The summed E-state index contributed by atoms with van der Waals surface area (Å²) < 4.78 is 15.2. The molecule has 2 nitrogen and oxygen atoms in total. The Kier molecular flexibility index (Phi) is 2.77. The molecule has 3 heteroatoms. The fourth-order valence-electron chi connectivity index (χ4n) is 2.30. The Bertz CT molecular complexity index is 781. The number of fused-ring (bicyclic) bond motifs is 1. The number of nitriles is 1. The topological polar surface area (TPSA) is 28.7 Å². The Morgan fingerprint density at radius 3 is 2.74 bits per heavy atom. The van der Waals surface area contributed by atoms with Gasteiger partial charge in [-0.25, -0.2) is 4.39 Å². The van der Waals surface area contributed by atoms with E-state index in [4.69, 9.17) is 5.26 Å². The molecular formula is C16H11FN2. The van der Waals surface area contributed by atoms with Gasteiger partial charge in [0.05, 0.1) is 5.56 Å². The number of halogens is 1. The van der Waals surface area contributed by atoms with Crippen molar-refractivity contribution < 1.29 is 4.39 Å². The quantitative estimate of drug-likeness (QED) is 0.681. The van der Waals surface area contributed by atoms with Crippen molar-refractivity contribution in [1.82, 2.24) is 4.57 Å². The lowest BCUT2D eigenvalue weighted by atomic mass is 10.2. The highest BCUT2D eigenvalue weighted by molar-refractivity contribution is 5.86. The number of aromatic nitrogens is 1. The normalized spacial score (nSPS) is 10.5. The van der Waals surface area contributed by atoms with Crippen molar-refractivity contribution in [3.05, 3.63) is 71.7 Å². The Morgan fingerprint density at radius 2 is 1.95 bits per heavy atom. The van der Waals surface area contributed by atoms with E-state index < -0.39 is 0 Å². The van der Waals surface area contributed by atoms with Crippen LogP contribution in [0.4, 0.5) is 4.39 Å². The molecule has 3 aromatic rings. The molecule has 2 aromatic carbocycles.